The molecule has 0 bridgehead atoms. The average Bonchev–Trinajstić information content (AvgIpc) is 3.24. The van der Waals surface area contributed by atoms with Gasteiger partial charge in [-0.15, -0.1) is 0 Å². The summed E-state index contributed by atoms with van der Waals surface area (Å²) in [4.78, 5) is 29.0. The lowest BCUT2D eigenvalue weighted by Gasteiger charge is -2.38. The van der Waals surface area contributed by atoms with Gasteiger partial charge in [0.25, 0.3) is 0 Å². The molecule has 2 aliphatic carbocycles. The number of carbonyl (C=O) groups is 2. The lowest BCUT2D eigenvalue weighted by Crippen LogP contribution is -2.42. The largest absolute Gasteiger partial charge is 0.507 e. The molecule has 2 aromatic carbocycles. The third kappa shape index (κ3) is 5.91. The van der Waals surface area contributed by atoms with Crippen LogP contribution in [-0.2, 0) is 9.59 Å². The summed E-state index contributed by atoms with van der Waals surface area (Å²) in [6, 6.07) is 17.1. The molecule has 3 aliphatic rings. The molecule has 6 nitrogen and oxygen atoms in total. The van der Waals surface area contributed by atoms with E-state index in [-0.39, 0.29) is 36.1 Å². The van der Waals surface area contributed by atoms with Gasteiger partial charge in [0.2, 0.25) is 11.8 Å². The second kappa shape index (κ2) is 12.7. The maximum absolute atomic E-state index is 13.8. The number of imide groups is 1. The zero-order chi connectivity index (χ0) is 29.1. The van der Waals surface area contributed by atoms with Gasteiger partial charge in [0.05, 0.1) is 24.5 Å². The summed E-state index contributed by atoms with van der Waals surface area (Å²) in [5.74, 6) is -1.64. The van der Waals surface area contributed by atoms with Gasteiger partial charge in [0, 0.05) is 17.5 Å². The summed E-state index contributed by atoms with van der Waals surface area (Å²) in [6.07, 6.45) is 7.36. The van der Waals surface area contributed by atoms with Crippen LogP contribution >= 0.6 is 0 Å². The minimum Gasteiger partial charge on any atom is -0.507 e. The van der Waals surface area contributed by atoms with Gasteiger partial charge in [0.15, 0.2) is 0 Å². The number of hydrogen-bond donors (Lipinski definition) is 3. The lowest BCUT2D eigenvalue weighted by molar-refractivity contribution is -0.143. The third-order valence-electron chi connectivity index (χ3n) is 9.44. The monoisotopic (exact) mass is 557 g/mol. The lowest BCUT2D eigenvalue weighted by atomic mass is 9.66. The molecule has 218 valence electrons. The molecule has 1 saturated carbocycles. The van der Waals surface area contributed by atoms with E-state index in [0.29, 0.717) is 24.8 Å². The number of para-hydroxylation sites is 1. The highest BCUT2D eigenvalue weighted by molar-refractivity contribution is 6.06. The van der Waals surface area contributed by atoms with Crippen LogP contribution in [0.2, 0.25) is 0 Å². The molecule has 3 N–H and O–H groups in total. The number of benzene rings is 2. The number of allylic oxidation sites excluding steroid dienone is 2. The van der Waals surface area contributed by atoms with E-state index in [1.54, 1.807) is 12.1 Å². The molecule has 0 radical (unpaired) electrons. The summed E-state index contributed by atoms with van der Waals surface area (Å²) in [5.41, 5.74) is 4.42. The second-order valence-corrected chi connectivity index (χ2v) is 12.2. The number of rotatable bonds is 9. The van der Waals surface area contributed by atoms with E-state index < -0.39 is 23.9 Å². The molecule has 41 heavy (non-hydrogen) atoms. The van der Waals surface area contributed by atoms with Gasteiger partial charge in [-0.25, -0.2) is 0 Å². The van der Waals surface area contributed by atoms with E-state index in [4.69, 9.17) is 0 Å². The smallest absolute Gasteiger partial charge is 0.234 e. The van der Waals surface area contributed by atoms with Crippen molar-refractivity contribution in [2.24, 2.45) is 23.7 Å². The molecule has 1 heterocycles. The van der Waals surface area contributed by atoms with Crippen LogP contribution in [0.5, 0.6) is 5.75 Å². The average molecular weight is 558 g/mol. The number of likely N-dealkylation sites (tertiary alicyclic amines) is 1. The topological polar surface area (TPSA) is 98.1 Å². The molecule has 5 rings (SSSR count). The van der Waals surface area contributed by atoms with Crippen molar-refractivity contribution in [1.29, 1.82) is 0 Å². The summed E-state index contributed by atoms with van der Waals surface area (Å²) in [7, 11) is 0. The first-order valence-electron chi connectivity index (χ1n) is 15.2. The number of phenolic OH excluding ortho intramolecular Hbond substituents is 1. The van der Waals surface area contributed by atoms with E-state index >= 15 is 0 Å². The Morgan fingerprint density at radius 2 is 1.66 bits per heavy atom. The predicted octanol–water partition coefficient (Wildman–Crippen LogP) is 5.97. The normalized spacial score (nSPS) is 24.8. The summed E-state index contributed by atoms with van der Waals surface area (Å²) in [5, 5.41) is 32.8. The Morgan fingerprint density at radius 3 is 2.32 bits per heavy atom. The summed E-state index contributed by atoms with van der Waals surface area (Å²) in [6.45, 7) is 3.84. The van der Waals surface area contributed by atoms with Crippen LogP contribution in [0.15, 0.2) is 65.7 Å². The van der Waals surface area contributed by atoms with Gasteiger partial charge in [-0.05, 0) is 66.9 Å². The number of aliphatic hydroxyl groups is 2. The van der Waals surface area contributed by atoms with Gasteiger partial charge in [0.1, 0.15) is 5.75 Å². The van der Waals surface area contributed by atoms with Crippen molar-refractivity contribution in [3.63, 3.8) is 0 Å². The quantitative estimate of drug-likeness (QED) is 0.200. The number of nitrogens with zero attached hydrogens (tertiary/aromatic N) is 1. The van der Waals surface area contributed by atoms with Crippen LogP contribution in [0.3, 0.4) is 0 Å². The van der Waals surface area contributed by atoms with Crippen molar-refractivity contribution in [2.75, 3.05) is 6.61 Å². The Morgan fingerprint density at radius 1 is 0.976 bits per heavy atom. The number of amides is 2. The summed E-state index contributed by atoms with van der Waals surface area (Å²) < 4.78 is 0. The minimum absolute atomic E-state index is 0.0439. The van der Waals surface area contributed by atoms with Crippen LogP contribution in [0, 0.1) is 23.7 Å². The third-order valence-corrected chi connectivity index (χ3v) is 9.44. The van der Waals surface area contributed by atoms with Crippen molar-refractivity contribution in [3.05, 3.63) is 76.9 Å². The van der Waals surface area contributed by atoms with Crippen LogP contribution < -0.4 is 0 Å². The van der Waals surface area contributed by atoms with Crippen molar-refractivity contribution < 1.29 is 24.9 Å². The maximum Gasteiger partial charge on any atom is 0.234 e. The zero-order valence-corrected chi connectivity index (χ0v) is 24.2. The SMILES string of the molecule is CC(C)C1=C([C@H](O)CC/C(=C/c2ccccc2O)c2ccccc2)[C@H](CO)[C@@H]2C(=O)N(C3CCCCC3)C(=O)[C@@H]2C1. The van der Waals surface area contributed by atoms with Gasteiger partial charge in [-0.2, -0.15) is 0 Å². The highest BCUT2D eigenvalue weighted by Gasteiger charge is 2.56. The van der Waals surface area contributed by atoms with E-state index in [0.717, 1.165) is 54.4 Å². The molecule has 1 aliphatic heterocycles. The Balaban J connectivity index is 1.43. The standard InChI is InChI=1S/C35H43NO5/c1-22(2)27-20-28-33(35(41)36(34(28)40)26-14-7-4-8-15-26)29(21-37)32(27)31(39)18-17-24(23-11-5-3-6-12-23)19-25-13-9-10-16-30(25)38/h3,5-6,9-13,16,19,22,26,28-29,31,33,37-39H,4,7-8,14-15,17-18,20-21H2,1-2H3/b24-19-/t28-,29+,31-,33-/m1/s1. The molecule has 2 fully saturated rings. The molecule has 4 atom stereocenters. The number of aromatic hydroxyl groups is 1. The summed E-state index contributed by atoms with van der Waals surface area (Å²) >= 11 is 0. The molecular formula is C35H43NO5. The molecule has 0 spiro atoms. The van der Waals surface area contributed by atoms with Gasteiger partial charge >= 0.3 is 0 Å². The van der Waals surface area contributed by atoms with Crippen LogP contribution in [-0.4, -0.2) is 50.8 Å². The molecular weight excluding hydrogens is 514 g/mol. The molecule has 0 aromatic heterocycles. The van der Waals surface area contributed by atoms with Crippen LogP contribution in [0.25, 0.3) is 11.6 Å². The number of fused-ring (bicyclic) bond motifs is 1. The first kappa shape index (κ1) is 29.3. The fourth-order valence-electron chi connectivity index (χ4n) is 7.37. The number of carbonyl (C=O) groups excluding carboxylic acids is 2. The number of hydrogen-bond acceptors (Lipinski definition) is 5. The fourth-order valence-corrected chi connectivity index (χ4v) is 7.37. The van der Waals surface area contributed by atoms with Crippen molar-refractivity contribution in [2.45, 2.75) is 77.4 Å². The Labute approximate surface area is 243 Å². The predicted molar refractivity (Wildman–Crippen MR) is 160 cm³/mol. The first-order chi connectivity index (χ1) is 19.8. The van der Waals surface area contributed by atoms with Crippen molar-refractivity contribution >= 4 is 23.5 Å². The van der Waals surface area contributed by atoms with Gasteiger partial charge < -0.3 is 15.3 Å². The molecule has 1 saturated heterocycles. The first-order valence-corrected chi connectivity index (χ1v) is 15.2. The number of phenols is 1. The number of aliphatic hydroxyl groups excluding tert-OH is 2. The van der Waals surface area contributed by atoms with E-state index in [2.05, 4.69) is 13.8 Å². The Kier molecular flexibility index (Phi) is 9.10. The van der Waals surface area contributed by atoms with Crippen molar-refractivity contribution in [3.8, 4) is 5.75 Å². The van der Waals surface area contributed by atoms with Gasteiger partial charge in [-0.1, -0.05) is 87.2 Å². The van der Waals surface area contributed by atoms with Crippen LogP contribution in [0.4, 0.5) is 0 Å². The zero-order valence-electron chi connectivity index (χ0n) is 24.2. The highest BCUT2D eigenvalue weighted by Crippen LogP contribution is 2.49. The van der Waals surface area contributed by atoms with Gasteiger partial charge in [-0.3, -0.25) is 14.5 Å². The Bertz CT molecular complexity index is 1310. The van der Waals surface area contributed by atoms with Crippen LogP contribution in [0.1, 0.15) is 76.3 Å². The highest BCUT2D eigenvalue weighted by atomic mass is 16.3. The molecule has 6 heteroatoms. The van der Waals surface area contributed by atoms with E-state index in [9.17, 15) is 24.9 Å². The Hall–Kier alpha value is -3.22. The molecule has 2 aromatic rings. The molecule has 0 unspecified atom stereocenters. The van der Waals surface area contributed by atoms with E-state index in [1.165, 1.54) is 4.90 Å². The molecule has 2 amide bonds. The minimum atomic E-state index is -0.867. The fraction of sp³-hybridized carbons (Fsp3) is 0.486. The second-order valence-electron chi connectivity index (χ2n) is 12.2. The van der Waals surface area contributed by atoms with E-state index in [1.807, 2.05) is 48.5 Å². The van der Waals surface area contributed by atoms with Crippen molar-refractivity contribution in [1.82, 2.24) is 4.90 Å². The maximum atomic E-state index is 13.8.